The number of amides is 2. The molecular weight excluding hydrogens is 294 g/mol. The van der Waals surface area contributed by atoms with Gasteiger partial charge in [-0.05, 0) is 25.8 Å². The van der Waals surface area contributed by atoms with Crippen LogP contribution >= 0.6 is 0 Å². The number of carbonyl (C=O) groups excluding carboxylic acids is 2. The number of hydrogen-bond acceptors (Lipinski definition) is 3. The lowest BCUT2D eigenvalue weighted by atomic mass is 10.1. The quantitative estimate of drug-likeness (QED) is 0.838. The van der Waals surface area contributed by atoms with E-state index in [-0.39, 0.29) is 17.4 Å². The zero-order valence-electron chi connectivity index (χ0n) is 14.3. The van der Waals surface area contributed by atoms with Crippen molar-refractivity contribution >= 4 is 11.8 Å². The number of aromatic nitrogens is 1. The third-order valence-electron chi connectivity index (χ3n) is 4.18. The van der Waals surface area contributed by atoms with Gasteiger partial charge in [0.25, 0.3) is 11.5 Å². The van der Waals surface area contributed by atoms with E-state index in [2.05, 4.69) is 13.8 Å². The molecule has 1 unspecified atom stereocenters. The van der Waals surface area contributed by atoms with Crippen LogP contribution < -0.4 is 5.56 Å². The fourth-order valence-corrected chi connectivity index (χ4v) is 2.90. The number of nitrogens with zero attached hydrogens (tertiary/aromatic N) is 3. The molecule has 6 heteroatoms. The summed E-state index contributed by atoms with van der Waals surface area (Å²) >= 11 is 0. The molecule has 2 heterocycles. The van der Waals surface area contributed by atoms with Crippen LogP contribution in [0.25, 0.3) is 0 Å². The van der Waals surface area contributed by atoms with Gasteiger partial charge in [0.15, 0.2) is 0 Å². The number of rotatable bonds is 4. The zero-order chi connectivity index (χ0) is 17.1. The number of piperazine rings is 1. The van der Waals surface area contributed by atoms with Gasteiger partial charge in [-0.15, -0.1) is 0 Å². The first kappa shape index (κ1) is 17.2. The number of hydrogen-bond donors (Lipinski definition) is 0. The van der Waals surface area contributed by atoms with Gasteiger partial charge < -0.3 is 14.4 Å². The highest BCUT2D eigenvalue weighted by Gasteiger charge is 2.34. The fourth-order valence-electron chi connectivity index (χ4n) is 2.90. The van der Waals surface area contributed by atoms with Crippen molar-refractivity contribution in [1.82, 2.24) is 14.4 Å². The van der Waals surface area contributed by atoms with Gasteiger partial charge in [-0.3, -0.25) is 14.4 Å². The van der Waals surface area contributed by atoms with Crippen molar-refractivity contribution < 1.29 is 9.59 Å². The van der Waals surface area contributed by atoms with Crippen molar-refractivity contribution in [2.75, 3.05) is 19.6 Å². The second-order valence-corrected chi connectivity index (χ2v) is 6.39. The van der Waals surface area contributed by atoms with E-state index in [4.69, 9.17) is 0 Å². The Balaban J connectivity index is 2.16. The van der Waals surface area contributed by atoms with Gasteiger partial charge in [-0.2, -0.15) is 0 Å². The molecule has 0 aromatic carbocycles. The first-order chi connectivity index (χ1) is 10.8. The van der Waals surface area contributed by atoms with Gasteiger partial charge in [0.2, 0.25) is 5.91 Å². The largest absolute Gasteiger partial charge is 0.339 e. The average Bonchev–Trinajstić information content (AvgIpc) is 2.51. The summed E-state index contributed by atoms with van der Waals surface area (Å²) in [6.07, 6.45) is 1.62. The molecule has 1 aromatic heterocycles. The highest BCUT2D eigenvalue weighted by Crippen LogP contribution is 2.16. The normalized spacial score (nSPS) is 18.7. The molecular formula is C17H25N3O3. The molecule has 1 saturated heterocycles. The first-order valence-corrected chi connectivity index (χ1v) is 8.15. The lowest BCUT2D eigenvalue weighted by Crippen LogP contribution is -2.58. The summed E-state index contributed by atoms with van der Waals surface area (Å²) < 4.78 is 1.53. The van der Waals surface area contributed by atoms with Crippen LogP contribution in [0.15, 0.2) is 23.1 Å². The maximum Gasteiger partial charge on any atom is 0.254 e. The topological polar surface area (TPSA) is 62.6 Å². The minimum Gasteiger partial charge on any atom is -0.339 e. The summed E-state index contributed by atoms with van der Waals surface area (Å²) in [5, 5.41) is 0. The van der Waals surface area contributed by atoms with Crippen LogP contribution in [0.4, 0.5) is 0 Å². The van der Waals surface area contributed by atoms with Crippen LogP contribution in [0.3, 0.4) is 0 Å². The van der Waals surface area contributed by atoms with E-state index in [1.165, 1.54) is 10.6 Å². The van der Waals surface area contributed by atoms with Crippen molar-refractivity contribution in [3.05, 3.63) is 34.2 Å². The van der Waals surface area contributed by atoms with Crippen molar-refractivity contribution in [3.8, 4) is 0 Å². The fraction of sp³-hybridized carbons (Fsp3) is 0.588. The molecule has 0 spiro atoms. The van der Waals surface area contributed by atoms with Gasteiger partial charge in [0, 0.05) is 44.0 Å². The van der Waals surface area contributed by atoms with Crippen molar-refractivity contribution in [3.63, 3.8) is 0 Å². The molecule has 2 amide bonds. The molecule has 126 valence electrons. The molecule has 0 bridgehead atoms. The van der Waals surface area contributed by atoms with Crippen molar-refractivity contribution in [2.24, 2.45) is 5.92 Å². The Kier molecular flexibility index (Phi) is 5.23. The Morgan fingerprint density at radius 3 is 2.57 bits per heavy atom. The van der Waals surface area contributed by atoms with Crippen LogP contribution in [0.5, 0.6) is 0 Å². The Labute approximate surface area is 136 Å². The first-order valence-electron chi connectivity index (χ1n) is 8.15. The highest BCUT2D eigenvalue weighted by atomic mass is 16.2. The van der Waals surface area contributed by atoms with Crippen LogP contribution in [0.1, 0.15) is 38.1 Å². The smallest absolute Gasteiger partial charge is 0.254 e. The van der Waals surface area contributed by atoms with Crippen LogP contribution in [0, 0.1) is 5.92 Å². The van der Waals surface area contributed by atoms with Gasteiger partial charge >= 0.3 is 0 Å². The van der Waals surface area contributed by atoms with E-state index in [1.807, 2.05) is 11.8 Å². The third kappa shape index (κ3) is 3.63. The Hall–Kier alpha value is -2.11. The van der Waals surface area contributed by atoms with Crippen LogP contribution in [-0.4, -0.2) is 51.9 Å². The average molecular weight is 319 g/mol. The zero-order valence-corrected chi connectivity index (χ0v) is 14.3. The maximum atomic E-state index is 12.6. The number of pyridine rings is 1. The van der Waals surface area contributed by atoms with E-state index < -0.39 is 6.04 Å². The van der Waals surface area contributed by atoms with Crippen molar-refractivity contribution in [1.29, 1.82) is 0 Å². The second-order valence-electron chi connectivity index (χ2n) is 6.39. The molecule has 1 aromatic rings. The van der Waals surface area contributed by atoms with E-state index in [0.29, 0.717) is 37.7 Å². The van der Waals surface area contributed by atoms with E-state index in [0.717, 1.165) is 0 Å². The Morgan fingerprint density at radius 1 is 1.30 bits per heavy atom. The van der Waals surface area contributed by atoms with Crippen molar-refractivity contribution in [2.45, 2.75) is 40.3 Å². The number of aryl methyl sites for hydroxylation is 1. The molecule has 0 N–H and O–H groups in total. The molecule has 6 nitrogen and oxygen atoms in total. The summed E-state index contributed by atoms with van der Waals surface area (Å²) in [4.78, 5) is 40.4. The predicted molar refractivity (Wildman–Crippen MR) is 88.3 cm³/mol. The lowest BCUT2D eigenvalue weighted by Gasteiger charge is -2.39. The molecule has 2 rings (SSSR count). The number of carbonyl (C=O) groups is 2. The SMILES string of the molecule is CCn1ccc(C(=O)N2CCN(CC(C)C)C(=O)C2C)cc1=O. The molecule has 1 atom stereocenters. The third-order valence-corrected chi connectivity index (χ3v) is 4.18. The molecule has 0 aliphatic carbocycles. The Bertz CT molecular complexity index is 651. The second kappa shape index (κ2) is 6.98. The van der Waals surface area contributed by atoms with Gasteiger partial charge in [0.1, 0.15) is 6.04 Å². The predicted octanol–water partition coefficient (Wildman–Crippen LogP) is 1.20. The summed E-state index contributed by atoms with van der Waals surface area (Å²) in [6, 6.07) is 2.50. The molecule has 1 fully saturated rings. The molecule has 0 radical (unpaired) electrons. The standard InChI is InChI=1S/C17H25N3O3/c1-5-18-7-6-14(10-15(18)21)17(23)20-9-8-19(11-12(2)3)16(22)13(20)4/h6-7,10,12-13H,5,8-9,11H2,1-4H3. The van der Waals surface area contributed by atoms with E-state index in [1.54, 1.807) is 24.1 Å². The summed E-state index contributed by atoms with van der Waals surface area (Å²) in [7, 11) is 0. The minimum atomic E-state index is -0.497. The molecule has 1 aliphatic heterocycles. The molecule has 1 aliphatic rings. The van der Waals surface area contributed by atoms with Gasteiger partial charge in [-0.25, -0.2) is 0 Å². The van der Waals surface area contributed by atoms with Gasteiger partial charge in [-0.1, -0.05) is 13.8 Å². The summed E-state index contributed by atoms with van der Waals surface area (Å²) in [5.74, 6) is 0.116. The Morgan fingerprint density at radius 2 is 2.00 bits per heavy atom. The maximum absolute atomic E-state index is 12.6. The van der Waals surface area contributed by atoms with Crippen LogP contribution in [0.2, 0.25) is 0 Å². The monoisotopic (exact) mass is 319 g/mol. The van der Waals surface area contributed by atoms with Crippen LogP contribution in [-0.2, 0) is 11.3 Å². The van der Waals surface area contributed by atoms with E-state index >= 15 is 0 Å². The molecule has 0 saturated carbocycles. The van der Waals surface area contributed by atoms with Gasteiger partial charge in [0.05, 0.1) is 0 Å². The highest BCUT2D eigenvalue weighted by molar-refractivity contribution is 5.98. The summed E-state index contributed by atoms with van der Waals surface area (Å²) in [5.41, 5.74) is 0.146. The minimum absolute atomic E-state index is 0.0276. The molecule has 23 heavy (non-hydrogen) atoms. The lowest BCUT2D eigenvalue weighted by molar-refractivity contribution is -0.140. The van der Waals surface area contributed by atoms with E-state index in [9.17, 15) is 14.4 Å². The summed E-state index contributed by atoms with van der Waals surface area (Å²) in [6.45, 7) is 10.1.